The lowest BCUT2D eigenvalue weighted by Crippen LogP contribution is -2.33. The van der Waals surface area contributed by atoms with Crippen molar-refractivity contribution in [1.29, 1.82) is 0 Å². The minimum absolute atomic E-state index is 0.0347. The van der Waals surface area contributed by atoms with E-state index in [1.54, 1.807) is 0 Å². The predicted molar refractivity (Wildman–Crippen MR) is 67.2 cm³/mol. The zero-order chi connectivity index (χ0) is 12.2. The van der Waals surface area contributed by atoms with Crippen LogP contribution >= 0.6 is 11.6 Å². The van der Waals surface area contributed by atoms with Crippen LogP contribution < -0.4 is 10.6 Å². The Morgan fingerprint density at radius 2 is 2.24 bits per heavy atom. The van der Waals surface area contributed by atoms with Gasteiger partial charge < -0.3 is 5.32 Å². The summed E-state index contributed by atoms with van der Waals surface area (Å²) in [4.78, 5) is 15.7. The van der Waals surface area contributed by atoms with Crippen molar-refractivity contribution < 1.29 is 4.79 Å². The van der Waals surface area contributed by atoms with Gasteiger partial charge in [0.1, 0.15) is 5.84 Å². The van der Waals surface area contributed by atoms with Gasteiger partial charge in [-0.25, -0.2) is 9.79 Å². The van der Waals surface area contributed by atoms with Crippen LogP contribution in [0.25, 0.3) is 0 Å². The number of rotatable bonds is 0. The van der Waals surface area contributed by atoms with Gasteiger partial charge in [0.25, 0.3) is 0 Å². The van der Waals surface area contributed by atoms with Crippen LogP contribution in [-0.4, -0.2) is 17.9 Å². The number of amides is 2. The zero-order valence-electron chi connectivity index (χ0n) is 9.60. The van der Waals surface area contributed by atoms with E-state index in [-0.39, 0.29) is 12.1 Å². The maximum Gasteiger partial charge on any atom is 0.320 e. The molecule has 0 spiro atoms. The summed E-state index contributed by atoms with van der Waals surface area (Å²) in [6, 6.07) is 1.76. The van der Waals surface area contributed by atoms with Gasteiger partial charge in [-0.1, -0.05) is 11.6 Å². The Bertz CT molecular complexity index is 565. The first-order valence-electron chi connectivity index (χ1n) is 5.51. The molecule has 0 bridgehead atoms. The average Bonchev–Trinajstić information content (AvgIpc) is 2.63. The van der Waals surface area contributed by atoms with Crippen molar-refractivity contribution in [3.05, 3.63) is 27.8 Å². The quantitative estimate of drug-likeness (QED) is 0.728. The first-order valence-corrected chi connectivity index (χ1v) is 5.88. The van der Waals surface area contributed by atoms with E-state index >= 15 is 0 Å². The molecular weight excluding hydrogens is 238 g/mol. The largest absolute Gasteiger partial charge is 0.328 e. The monoisotopic (exact) mass is 249 g/mol. The third-order valence-corrected chi connectivity index (χ3v) is 3.90. The molecule has 2 aliphatic rings. The summed E-state index contributed by atoms with van der Waals surface area (Å²) < 4.78 is 0. The second kappa shape index (κ2) is 3.47. The minimum atomic E-state index is -0.179. The molecular formula is C12H12ClN3O. The Morgan fingerprint density at radius 1 is 1.47 bits per heavy atom. The minimum Gasteiger partial charge on any atom is -0.328 e. The van der Waals surface area contributed by atoms with Gasteiger partial charge in [0.15, 0.2) is 0 Å². The molecule has 1 aromatic rings. The summed E-state index contributed by atoms with van der Waals surface area (Å²) in [6.07, 6.45) is 0.749. The molecule has 2 amide bonds. The molecule has 1 atom stereocenters. The molecule has 2 N–H and O–H groups in total. The van der Waals surface area contributed by atoms with Crippen LogP contribution in [-0.2, 0) is 6.42 Å². The molecule has 0 aliphatic carbocycles. The highest BCUT2D eigenvalue weighted by molar-refractivity contribution is 6.32. The molecule has 1 aromatic carbocycles. The molecule has 0 aromatic heterocycles. The number of urea groups is 1. The normalized spacial score (nSPS) is 21.2. The van der Waals surface area contributed by atoms with Crippen molar-refractivity contribution in [3.63, 3.8) is 0 Å². The van der Waals surface area contributed by atoms with E-state index in [1.807, 2.05) is 19.9 Å². The van der Waals surface area contributed by atoms with E-state index in [0.717, 1.165) is 33.8 Å². The molecule has 2 aliphatic heterocycles. The van der Waals surface area contributed by atoms with Gasteiger partial charge in [-0.05, 0) is 36.6 Å². The molecule has 4 nitrogen and oxygen atoms in total. The molecule has 2 heterocycles. The Morgan fingerprint density at radius 3 is 3.00 bits per heavy atom. The second-order valence-corrected chi connectivity index (χ2v) is 4.86. The number of benzene rings is 1. The van der Waals surface area contributed by atoms with Crippen LogP contribution in [0.2, 0.25) is 5.02 Å². The van der Waals surface area contributed by atoms with Gasteiger partial charge in [0.05, 0.1) is 11.7 Å². The number of halogens is 1. The Labute approximate surface area is 104 Å². The van der Waals surface area contributed by atoms with E-state index in [2.05, 4.69) is 15.6 Å². The summed E-state index contributed by atoms with van der Waals surface area (Å²) in [7, 11) is 0. The van der Waals surface area contributed by atoms with Gasteiger partial charge in [-0.2, -0.15) is 0 Å². The number of carbonyl (C=O) groups excluding carboxylic acids is 1. The van der Waals surface area contributed by atoms with Crippen molar-refractivity contribution >= 4 is 29.2 Å². The van der Waals surface area contributed by atoms with E-state index in [9.17, 15) is 4.79 Å². The van der Waals surface area contributed by atoms with Crippen molar-refractivity contribution in [2.45, 2.75) is 26.3 Å². The van der Waals surface area contributed by atoms with E-state index in [1.165, 1.54) is 0 Å². The number of hydrogen-bond acceptors (Lipinski definition) is 2. The number of nitrogens with zero attached hydrogens (tertiary/aromatic N) is 1. The van der Waals surface area contributed by atoms with Crippen LogP contribution in [0, 0.1) is 13.8 Å². The van der Waals surface area contributed by atoms with E-state index in [4.69, 9.17) is 11.6 Å². The Hall–Kier alpha value is -1.55. The fourth-order valence-corrected chi connectivity index (χ4v) is 2.56. The van der Waals surface area contributed by atoms with Gasteiger partial charge >= 0.3 is 6.03 Å². The summed E-state index contributed by atoms with van der Waals surface area (Å²) in [6.45, 7) is 3.96. The molecule has 3 rings (SSSR count). The molecule has 1 unspecified atom stereocenters. The van der Waals surface area contributed by atoms with Crippen molar-refractivity contribution in [1.82, 2.24) is 10.6 Å². The van der Waals surface area contributed by atoms with Gasteiger partial charge in [0.2, 0.25) is 0 Å². The van der Waals surface area contributed by atoms with Gasteiger partial charge in [-0.3, -0.25) is 5.32 Å². The van der Waals surface area contributed by atoms with Crippen LogP contribution in [0.4, 0.5) is 10.5 Å². The number of nitrogens with one attached hydrogen (secondary N) is 2. The summed E-state index contributed by atoms with van der Waals surface area (Å²) in [5.41, 5.74) is 4.12. The van der Waals surface area contributed by atoms with Crippen molar-refractivity contribution in [2.75, 3.05) is 0 Å². The maximum atomic E-state index is 11.3. The lowest BCUT2D eigenvalue weighted by atomic mass is 9.94. The standard InChI is InChI=1S/C12H12ClN3O/c1-5-3-8-7(6(2)10(5)13)4-9-11(14-8)16-12(17)15-9/h3,9H,4H2,1-2H3,(H2,14,15,16,17). The molecule has 0 radical (unpaired) electrons. The average molecular weight is 250 g/mol. The van der Waals surface area contributed by atoms with Crippen molar-refractivity contribution in [3.8, 4) is 0 Å². The highest BCUT2D eigenvalue weighted by Crippen LogP contribution is 2.35. The molecule has 1 fully saturated rings. The third-order valence-electron chi connectivity index (χ3n) is 3.32. The topological polar surface area (TPSA) is 53.5 Å². The fourth-order valence-electron chi connectivity index (χ4n) is 2.39. The Balaban J connectivity index is 2.15. The van der Waals surface area contributed by atoms with Crippen LogP contribution in [0.3, 0.4) is 0 Å². The van der Waals surface area contributed by atoms with Crippen molar-refractivity contribution in [2.24, 2.45) is 4.99 Å². The first kappa shape index (κ1) is 10.6. The zero-order valence-corrected chi connectivity index (χ0v) is 10.4. The second-order valence-electron chi connectivity index (χ2n) is 4.48. The lowest BCUT2D eigenvalue weighted by Gasteiger charge is -2.21. The number of carbonyl (C=O) groups is 1. The van der Waals surface area contributed by atoms with Crippen LogP contribution in [0.1, 0.15) is 16.7 Å². The number of aryl methyl sites for hydroxylation is 1. The third kappa shape index (κ3) is 1.52. The molecule has 0 saturated carbocycles. The van der Waals surface area contributed by atoms with Gasteiger partial charge in [0, 0.05) is 11.4 Å². The van der Waals surface area contributed by atoms with Crippen LogP contribution in [0.15, 0.2) is 11.1 Å². The summed E-state index contributed by atoms with van der Waals surface area (Å²) in [5, 5.41) is 6.34. The lowest BCUT2D eigenvalue weighted by molar-refractivity contribution is 0.248. The highest BCUT2D eigenvalue weighted by Gasteiger charge is 2.32. The predicted octanol–water partition coefficient (Wildman–Crippen LogP) is 2.22. The maximum absolute atomic E-state index is 11.3. The van der Waals surface area contributed by atoms with Crippen LogP contribution in [0.5, 0.6) is 0 Å². The number of fused-ring (bicyclic) bond motifs is 2. The van der Waals surface area contributed by atoms with Gasteiger partial charge in [-0.15, -0.1) is 0 Å². The number of aliphatic imine (C=N–C) groups is 1. The molecule has 5 heteroatoms. The smallest absolute Gasteiger partial charge is 0.320 e. The molecule has 17 heavy (non-hydrogen) atoms. The van der Waals surface area contributed by atoms with E-state index < -0.39 is 0 Å². The molecule has 1 saturated heterocycles. The molecule has 88 valence electrons. The fraction of sp³-hybridized carbons (Fsp3) is 0.333. The summed E-state index contributed by atoms with van der Waals surface area (Å²) in [5.74, 6) is 0.712. The Kier molecular flexibility index (Phi) is 2.16. The highest BCUT2D eigenvalue weighted by atomic mass is 35.5. The summed E-state index contributed by atoms with van der Waals surface area (Å²) >= 11 is 6.23. The van der Waals surface area contributed by atoms with E-state index in [0.29, 0.717) is 5.84 Å². The number of amidine groups is 1. The SMILES string of the molecule is Cc1cc2c(c(C)c1Cl)CC1NC(=O)NC1=N2. The first-order chi connectivity index (χ1) is 8.06. The number of hydrogen-bond donors (Lipinski definition) is 2.